The second-order valence-electron chi connectivity index (χ2n) is 3.81. The van der Waals surface area contributed by atoms with Gasteiger partial charge in [0.25, 0.3) is 0 Å². The minimum atomic E-state index is 0.911. The predicted molar refractivity (Wildman–Crippen MR) is 50.2 cm³/mol. The van der Waals surface area contributed by atoms with E-state index in [4.69, 9.17) is 0 Å². The molecule has 2 rings (SSSR count). The summed E-state index contributed by atoms with van der Waals surface area (Å²) in [4.78, 5) is 0. The summed E-state index contributed by atoms with van der Waals surface area (Å²) >= 11 is 0. The number of rotatable bonds is 0. The van der Waals surface area contributed by atoms with Crippen molar-refractivity contribution in [1.82, 2.24) is 10.9 Å². The maximum absolute atomic E-state index is 3.22. The Kier molecular flexibility index (Phi) is 2.17. The van der Waals surface area contributed by atoms with Crippen molar-refractivity contribution in [3.8, 4) is 0 Å². The van der Waals surface area contributed by atoms with Gasteiger partial charge < -0.3 is 5.43 Å². The molecule has 0 aromatic heterocycles. The molecule has 2 N–H and O–H groups in total. The average molecular weight is 164 g/mol. The van der Waals surface area contributed by atoms with E-state index in [-0.39, 0.29) is 0 Å². The maximum atomic E-state index is 3.22. The molecule has 12 heavy (non-hydrogen) atoms. The van der Waals surface area contributed by atoms with Crippen molar-refractivity contribution >= 4 is 0 Å². The Morgan fingerprint density at radius 1 is 1.42 bits per heavy atom. The molecule has 66 valence electrons. The van der Waals surface area contributed by atoms with E-state index in [2.05, 4.69) is 29.9 Å². The van der Waals surface area contributed by atoms with Gasteiger partial charge in [-0.05, 0) is 37.2 Å². The Morgan fingerprint density at radius 2 is 2.33 bits per heavy atom. The monoisotopic (exact) mass is 164 g/mol. The number of hydrazine groups is 1. The van der Waals surface area contributed by atoms with E-state index in [0.717, 1.165) is 18.4 Å². The third-order valence-electron chi connectivity index (χ3n) is 2.65. The first-order chi connectivity index (χ1) is 5.86. The van der Waals surface area contributed by atoms with Crippen molar-refractivity contribution in [2.24, 2.45) is 11.8 Å². The fourth-order valence-electron chi connectivity index (χ4n) is 1.68. The lowest BCUT2D eigenvalue weighted by molar-refractivity contribution is 0.557. The van der Waals surface area contributed by atoms with Crippen LogP contribution in [0, 0.1) is 11.8 Å². The van der Waals surface area contributed by atoms with E-state index in [0.29, 0.717) is 0 Å². The number of allylic oxidation sites excluding steroid dienone is 3. The first-order valence-corrected chi connectivity index (χ1v) is 4.68. The summed E-state index contributed by atoms with van der Waals surface area (Å²) in [5.41, 5.74) is 7.59. The predicted octanol–water partition coefficient (Wildman–Crippen LogP) is 1.58. The molecular weight excluding hydrogens is 148 g/mol. The van der Waals surface area contributed by atoms with E-state index in [1.54, 1.807) is 0 Å². The lowest BCUT2D eigenvalue weighted by Crippen LogP contribution is -2.29. The van der Waals surface area contributed by atoms with Crippen molar-refractivity contribution < 1.29 is 0 Å². The highest BCUT2D eigenvalue weighted by molar-refractivity contribution is 5.15. The molecule has 1 fully saturated rings. The van der Waals surface area contributed by atoms with Crippen LogP contribution >= 0.6 is 0 Å². The normalized spacial score (nSPS) is 34.6. The summed E-state index contributed by atoms with van der Waals surface area (Å²) in [6.45, 7) is 3.22. The van der Waals surface area contributed by atoms with Gasteiger partial charge in [0.1, 0.15) is 0 Å². The van der Waals surface area contributed by atoms with Gasteiger partial charge in [0.05, 0.1) is 0 Å². The fourth-order valence-corrected chi connectivity index (χ4v) is 1.68. The summed E-state index contributed by atoms with van der Waals surface area (Å²) < 4.78 is 0. The van der Waals surface area contributed by atoms with Crippen LogP contribution in [-0.2, 0) is 0 Å². The van der Waals surface area contributed by atoms with Gasteiger partial charge in [-0.1, -0.05) is 12.2 Å². The first-order valence-electron chi connectivity index (χ1n) is 4.68. The van der Waals surface area contributed by atoms with E-state index < -0.39 is 0 Å². The molecule has 2 heteroatoms. The largest absolute Gasteiger partial charge is 0.329 e. The molecule has 1 aliphatic heterocycles. The van der Waals surface area contributed by atoms with Crippen molar-refractivity contribution in [1.29, 1.82) is 0 Å². The van der Waals surface area contributed by atoms with Crippen LogP contribution in [0.5, 0.6) is 0 Å². The smallest absolute Gasteiger partial charge is 0.0179 e. The minimum Gasteiger partial charge on any atom is -0.329 e. The second kappa shape index (κ2) is 3.31. The zero-order valence-electron chi connectivity index (χ0n) is 7.51. The highest BCUT2D eigenvalue weighted by Crippen LogP contribution is 2.40. The van der Waals surface area contributed by atoms with Crippen molar-refractivity contribution in [2.75, 3.05) is 6.54 Å². The molecule has 0 bridgehead atoms. The summed E-state index contributed by atoms with van der Waals surface area (Å²) in [6.07, 6.45) is 9.16. The molecule has 0 spiro atoms. The zero-order valence-corrected chi connectivity index (χ0v) is 7.51. The standard InChI is InChI=1S/C10H16N2/c1-8-3-2-4-9-5-10(9)7-12-11-6-8/h2-3,6,9-12H,4-5,7H2,1H3. The van der Waals surface area contributed by atoms with Gasteiger partial charge >= 0.3 is 0 Å². The quantitative estimate of drug-likeness (QED) is 0.568. The van der Waals surface area contributed by atoms with E-state index in [9.17, 15) is 0 Å². The summed E-state index contributed by atoms with van der Waals surface area (Å²) in [5, 5.41) is 0. The fraction of sp³-hybridized carbons (Fsp3) is 0.600. The maximum Gasteiger partial charge on any atom is 0.0179 e. The van der Waals surface area contributed by atoms with Gasteiger partial charge in [-0.15, -0.1) is 0 Å². The zero-order chi connectivity index (χ0) is 8.39. The first kappa shape index (κ1) is 7.87. The van der Waals surface area contributed by atoms with Gasteiger partial charge in [0.2, 0.25) is 0 Å². The van der Waals surface area contributed by atoms with Crippen molar-refractivity contribution in [3.05, 3.63) is 23.9 Å². The average Bonchev–Trinajstić information content (AvgIpc) is 2.78. The van der Waals surface area contributed by atoms with Crippen molar-refractivity contribution in [2.45, 2.75) is 19.8 Å². The van der Waals surface area contributed by atoms with E-state index >= 15 is 0 Å². The van der Waals surface area contributed by atoms with Crippen LogP contribution in [0.2, 0.25) is 0 Å². The highest BCUT2D eigenvalue weighted by Gasteiger charge is 2.35. The summed E-state index contributed by atoms with van der Waals surface area (Å²) in [6, 6.07) is 0. The Balaban J connectivity index is 1.95. The summed E-state index contributed by atoms with van der Waals surface area (Å²) in [5.74, 6) is 1.86. The summed E-state index contributed by atoms with van der Waals surface area (Å²) in [7, 11) is 0. The molecule has 1 aliphatic carbocycles. The number of hydrogen-bond donors (Lipinski definition) is 2. The molecule has 2 aliphatic rings. The van der Waals surface area contributed by atoms with Crippen molar-refractivity contribution in [3.63, 3.8) is 0 Å². The van der Waals surface area contributed by atoms with Crippen LogP contribution in [0.3, 0.4) is 0 Å². The van der Waals surface area contributed by atoms with Crippen LogP contribution in [0.1, 0.15) is 19.8 Å². The van der Waals surface area contributed by atoms with Gasteiger partial charge in [-0.25, -0.2) is 5.43 Å². The molecular formula is C10H16N2. The molecule has 0 aromatic rings. The van der Waals surface area contributed by atoms with Crippen LogP contribution in [0.4, 0.5) is 0 Å². The molecule has 0 amide bonds. The second-order valence-corrected chi connectivity index (χ2v) is 3.81. The lowest BCUT2D eigenvalue weighted by atomic mass is 10.2. The van der Waals surface area contributed by atoms with Crippen LogP contribution in [0.25, 0.3) is 0 Å². The third kappa shape index (κ3) is 1.89. The molecule has 0 aromatic carbocycles. The molecule has 0 saturated heterocycles. The lowest BCUT2D eigenvalue weighted by Gasteiger charge is -2.05. The minimum absolute atomic E-state index is 0.911. The Hall–Kier alpha value is -0.760. The van der Waals surface area contributed by atoms with Gasteiger partial charge in [-0.3, -0.25) is 0 Å². The topological polar surface area (TPSA) is 24.1 Å². The van der Waals surface area contributed by atoms with E-state index in [1.807, 2.05) is 6.20 Å². The third-order valence-corrected chi connectivity index (χ3v) is 2.65. The number of nitrogens with one attached hydrogen (secondary N) is 2. The molecule has 2 unspecified atom stereocenters. The van der Waals surface area contributed by atoms with Crippen LogP contribution < -0.4 is 10.9 Å². The van der Waals surface area contributed by atoms with Crippen LogP contribution in [-0.4, -0.2) is 6.54 Å². The number of hydrogen-bond acceptors (Lipinski definition) is 2. The molecule has 1 heterocycles. The molecule has 2 nitrogen and oxygen atoms in total. The number of fused-ring (bicyclic) bond motifs is 1. The Bertz CT molecular complexity index is 218. The van der Waals surface area contributed by atoms with Crippen LogP contribution in [0.15, 0.2) is 23.9 Å². The Morgan fingerprint density at radius 3 is 3.25 bits per heavy atom. The van der Waals surface area contributed by atoms with E-state index in [1.165, 1.54) is 18.4 Å². The molecule has 0 radical (unpaired) electrons. The van der Waals surface area contributed by atoms with Gasteiger partial charge in [0, 0.05) is 12.7 Å². The SMILES string of the molecule is CC1=CNNCC2CC2CC=C1. The van der Waals surface area contributed by atoms with Gasteiger partial charge in [0.15, 0.2) is 0 Å². The van der Waals surface area contributed by atoms with Gasteiger partial charge in [-0.2, -0.15) is 0 Å². The highest BCUT2D eigenvalue weighted by atomic mass is 15.3. The Labute approximate surface area is 73.7 Å². The molecule has 2 atom stereocenters. The molecule has 1 saturated carbocycles.